The van der Waals surface area contributed by atoms with E-state index in [2.05, 4.69) is 10.1 Å². The summed E-state index contributed by atoms with van der Waals surface area (Å²) in [4.78, 5) is 3.21. The average molecular weight is 293 g/mol. The topological polar surface area (TPSA) is 38.5 Å². The third kappa shape index (κ3) is 2.09. The smallest absolute Gasteiger partial charge is 0.179 e. The van der Waals surface area contributed by atoms with Crippen LogP contribution in [0.15, 0.2) is 24.3 Å². The molecule has 0 saturated heterocycles. The summed E-state index contributed by atoms with van der Waals surface area (Å²) < 4.78 is 4.59. The number of benzene rings is 1. The molecule has 0 bridgehead atoms. The molecule has 0 aliphatic carbocycles. The zero-order valence-corrected chi connectivity index (χ0v) is 12.2. The van der Waals surface area contributed by atoms with Gasteiger partial charge in [-0.25, -0.2) is 0 Å². The summed E-state index contributed by atoms with van der Waals surface area (Å²) in [7, 11) is 1.92. The number of hydrogen-bond donors (Lipinski definition) is 1. The van der Waals surface area contributed by atoms with Gasteiger partial charge in [0.25, 0.3) is 0 Å². The van der Waals surface area contributed by atoms with Crippen molar-refractivity contribution in [2.24, 2.45) is 7.05 Å². The van der Waals surface area contributed by atoms with Gasteiger partial charge in [-0.05, 0) is 36.8 Å². The molecule has 2 aromatic heterocycles. The van der Waals surface area contributed by atoms with Gasteiger partial charge in [-0.2, -0.15) is 5.10 Å². The summed E-state index contributed by atoms with van der Waals surface area (Å²) in [6.07, 6.45) is 0. The normalized spacial score (nSPS) is 11.3. The number of H-pyrrole nitrogens is 1. The van der Waals surface area contributed by atoms with E-state index in [4.69, 9.17) is 23.8 Å². The van der Waals surface area contributed by atoms with Crippen LogP contribution < -0.4 is 0 Å². The first-order valence-corrected chi connectivity index (χ1v) is 6.71. The molecule has 0 unspecified atom stereocenters. The van der Waals surface area contributed by atoms with Crippen molar-refractivity contribution in [3.05, 3.63) is 45.3 Å². The number of nitrogens with one attached hydrogen (secondary N) is 1. The molecule has 0 fully saturated rings. The Bertz CT molecular complexity index is 812. The van der Waals surface area contributed by atoms with E-state index >= 15 is 0 Å². The van der Waals surface area contributed by atoms with Gasteiger partial charge in [0.1, 0.15) is 5.52 Å². The second-order valence-electron chi connectivity index (χ2n) is 4.55. The number of aromatic amines is 1. The average Bonchev–Trinajstić information content (AvgIpc) is 2.80. The molecule has 0 radical (unpaired) electrons. The molecule has 2 heterocycles. The summed E-state index contributed by atoms with van der Waals surface area (Å²) >= 11 is 11.4. The Labute approximate surface area is 120 Å². The number of aromatic nitrogens is 4. The molecule has 98 valence electrons. The minimum atomic E-state index is 0.679. The lowest BCUT2D eigenvalue weighted by Gasteiger charge is -2.05. The first-order chi connectivity index (χ1) is 9.06. The van der Waals surface area contributed by atoms with Crippen molar-refractivity contribution in [3.8, 4) is 0 Å². The highest BCUT2D eigenvalue weighted by molar-refractivity contribution is 7.71. The van der Waals surface area contributed by atoms with Crippen LogP contribution in [0, 0.1) is 11.7 Å². The van der Waals surface area contributed by atoms with E-state index in [0.29, 0.717) is 11.3 Å². The van der Waals surface area contributed by atoms with Crippen LogP contribution in [0.1, 0.15) is 11.3 Å². The van der Waals surface area contributed by atoms with Crippen molar-refractivity contribution in [3.63, 3.8) is 0 Å². The number of nitrogens with zero attached hydrogens (tertiary/aromatic N) is 3. The number of imidazole rings is 1. The van der Waals surface area contributed by atoms with Crippen LogP contribution in [0.4, 0.5) is 0 Å². The lowest BCUT2D eigenvalue weighted by Crippen LogP contribution is -2.04. The fourth-order valence-corrected chi connectivity index (χ4v) is 2.80. The van der Waals surface area contributed by atoms with Gasteiger partial charge in [-0.3, -0.25) is 9.25 Å². The molecular weight excluding hydrogens is 280 g/mol. The number of halogens is 1. The van der Waals surface area contributed by atoms with Crippen molar-refractivity contribution in [2.45, 2.75) is 13.5 Å². The van der Waals surface area contributed by atoms with Crippen LogP contribution >= 0.6 is 23.8 Å². The third-order valence-electron chi connectivity index (χ3n) is 3.15. The van der Waals surface area contributed by atoms with Crippen LogP contribution in [0.5, 0.6) is 0 Å². The van der Waals surface area contributed by atoms with Crippen LogP contribution in [0.25, 0.3) is 11.2 Å². The molecule has 0 spiro atoms. The molecule has 0 atom stereocenters. The number of rotatable bonds is 2. The van der Waals surface area contributed by atoms with Gasteiger partial charge in [0.15, 0.2) is 10.4 Å². The Hall–Kier alpha value is -1.59. The minimum absolute atomic E-state index is 0.679. The highest BCUT2D eigenvalue weighted by Crippen LogP contribution is 2.19. The molecule has 0 amide bonds. The molecule has 1 N–H and O–H groups in total. The maximum absolute atomic E-state index is 6.02. The van der Waals surface area contributed by atoms with Crippen LogP contribution in [-0.2, 0) is 13.6 Å². The largest absolute Gasteiger partial charge is 0.328 e. The SMILES string of the molecule is Cc1nn(C)c2c1[nH]c(=S)n2Cc1cccc(Cl)c1. The molecule has 3 rings (SSSR count). The number of hydrogen-bond acceptors (Lipinski definition) is 2. The Morgan fingerprint density at radius 1 is 1.42 bits per heavy atom. The van der Waals surface area contributed by atoms with Gasteiger partial charge >= 0.3 is 0 Å². The first kappa shape index (κ1) is 12.4. The summed E-state index contributed by atoms with van der Waals surface area (Å²) in [5, 5.41) is 5.14. The zero-order valence-electron chi connectivity index (χ0n) is 10.6. The lowest BCUT2D eigenvalue weighted by molar-refractivity contribution is 0.715. The predicted octanol–water partition coefficient (Wildman–Crippen LogP) is 3.44. The van der Waals surface area contributed by atoms with Gasteiger partial charge < -0.3 is 4.98 Å². The number of aryl methyl sites for hydroxylation is 2. The molecule has 0 aliphatic rings. The minimum Gasteiger partial charge on any atom is -0.328 e. The molecule has 3 aromatic rings. The second kappa shape index (κ2) is 4.51. The maximum atomic E-state index is 6.02. The van der Waals surface area contributed by atoms with Gasteiger partial charge in [0.2, 0.25) is 0 Å². The molecule has 1 aromatic carbocycles. The third-order valence-corrected chi connectivity index (χ3v) is 3.71. The number of fused-ring (bicyclic) bond motifs is 1. The molecule has 0 saturated carbocycles. The molecule has 19 heavy (non-hydrogen) atoms. The van der Waals surface area contributed by atoms with Crippen LogP contribution in [0.3, 0.4) is 0 Å². The van der Waals surface area contributed by atoms with E-state index in [0.717, 1.165) is 27.4 Å². The predicted molar refractivity (Wildman–Crippen MR) is 79.2 cm³/mol. The first-order valence-electron chi connectivity index (χ1n) is 5.93. The van der Waals surface area contributed by atoms with E-state index in [1.807, 2.05) is 47.5 Å². The van der Waals surface area contributed by atoms with Crippen molar-refractivity contribution in [2.75, 3.05) is 0 Å². The van der Waals surface area contributed by atoms with Gasteiger partial charge in [0, 0.05) is 12.1 Å². The van der Waals surface area contributed by atoms with Gasteiger partial charge in [-0.1, -0.05) is 23.7 Å². The quantitative estimate of drug-likeness (QED) is 0.735. The van der Waals surface area contributed by atoms with Gasteiger partial charge in [-0.15, -0.1) is 0 Å². The molecule has 0 aliphatic heterocycles. The van der Waals surface area contributed by atoms with E-state index in [-0.39, 0.29) is 0 Å². The standard InChI is InChI=1S/C13H13ClN4S/c1-8-11-12(17(2)16-8)18(13(19)15-11)7-9-4-3-5-10(14)6-9/h3-6H,7H2,1-2H3,(H,15,19). The van der Waals surface area contributed by atoms with Crippen molar-refractivity contribution in [1.29, 1.82) is 0 Å². The molecule has 4 nitrogen and oxygen atoms in total. The van der Waals surface area contributed by atoms with Crippen molar-refractivity contribution in [1.82, 2.24) is 19.3 Å². The highest BCUT2D eigenvalue weighted by atomic mass is 35.5. The van der Waals surface area contributed by atoms with E-state index < -0.39 is 0 Å². The van der Waals surface area contributed by atoms with E-state index in [1.165, 1.54) is 0 Å². The Morgan fingerprint density at radius 2 is 2.21 bits per heavy atom. The summed E-state index contributed by atoms with van der Waals surface area (Å²) in [5.41, 5.74) is 4.06. The molecular formula is C13H13ClN4S. The highest BCUT2D eigenvalue weighted by Gasteiger charge is 2.12. The van der Waals surface area contributed by atoms with E-state index in [9.17, 15) is 0 Å². The Morgan fingerprint density at radius 3 is 2.95 bits per heavy atom. The van der Waals surface area contributed by atoms with E-state index in [1.54, 1.807) is 0 Å². The zero-order chi connectivity index (χ0) is 13.6. The monoisotopic (exact) mass is 292 g/mol. The Balaban J connectivity index is 2.15. The summed E-state index contributed by atoms with van der Waals surface area (Å²) in [6.45, 7) is 2.65. The Kier molecular flexibility index (Phi) is 2.95. The molecule has 6 heteroatoms. The summed E-state index contributed by atoms with van der Waals surface area (Å²) in [6, 6.07) is 7.80. The summed E-state index contributed by atoms with van der Waals surface area (Å²) in [5.74, 6) is 0. The van der Waals surface area contributed by atoms with Crippen LogP contribution in [0.2, 0.25) is 5.02 Å². The van der Waals surface area contributed by atoms with Crippen molar-refractivity contribution < 1.29 is 0 Å². The van der Waals surface area contributed by atoms with Crippen molar-refractivity contribution >= 4 is 35.0 Å². The fraction of sp³-hybridized carbons (Fsp3) is 0.231. The lowest BCUT2D eigenvalue weighted by atomic mass is 10.2. The van der Waals surface area contributed by atoms with Gasteiger partial charge in [0.05, 0.1) is 12.2 Å². The van der Waals surface area contributed by atoms with Crippen LogP contribution in [-0.4, -0.2) is 19.3 Å². The fourth-order valence-electron chi connectivity index (χ4n) is 2.34. The second-order valence-corrected chi connectivity index (χ2v) is 5.38. The maximum Gasteiger partial charge on any atom is 0.179 e.